The number of likely N-dealkylation sites (tertiary alicyclic amines) is 1. The second-order valence-electron chi connectivity index (χ2n) is 5.97. The van der Waals surface area contributed by atoms with Gasteiger partial charge in [-0.3, -0.25) is 5.32 Å². The molecule has 3 rings (SSSR count). The highest BCUT2D eigenvalue weighted by atomic mass is 16.5. The smallest absolute Gasteiger partial charge is 0.411 e. The molecule has 0 saturated carbocycles. The van der Waals surface area contributed by atoms with E-state index in [4.69, 9.17) is 0 Å². The van der Waals surface area contributed by atoms with E-state index in [1.165, 1.54) is 12.7 Å². The molecule has 6 nitrogen and oxygen atoms in total. The van der Waals surface area contributed by atoms with Gasteiger partial charge in [0.1, 0.15) is 0 Å². The van der Waals surface area contributed by atoms with Crippen molar-refractivity contribution in [3.8, 4) is 0 Å². The number of nitrogens with zero attached hydrogens (tertiary/aromatic N) is 1. The Morgan fingerprint density at radius 1 is 1.04 bits per heavy atom. The number of carbonyl (C=O) groups is 2. The Kier molecular flexibility index (Phi) is 5.18. The molecule has 0 radical (unpaired) electrons. The van der Waals surface area contributed by atoms with Gasteiger partial charge in [0, 0.05) is 30.4 Å². The predicted octanol–water partition coefficient (Wildman–Crippen LogP) is 3.89. The van der Waals surface area contributed by atoms with Crippen LogP contribution in [0.3, 0.4) is 0 Å². The minimum atomic E-state index is -0.547. The third-order valence-electron chi connectivity index (χ3n) is 4.29. The molecule has 0 bridgehead atoms. The van der Waals surface area contributed by atoms with Gasteiger partial charge in [0.15, 0.2) is 0 Å². The quantitative estimate of drug-likeness (QED) is 0.891. The summed E-state index contributed by atoms with van der Waals surface area (Å²) in [4.78, 5) is 25.6. The second-order valence-corrected chi connectivity index (χ2v) is 5.97. The maximum atomic E-state index is 12.5. The molecule has 1 heterocycles. The molecule has 0 aliphatic carbocycles. The zero-order chi connectivity index (χ0) is 17.6. The van der Waals surface area contributed by atoms with Crippen molar-refractivity contribution in [2.75, 3.05) is 30.8 Å². The predicted molar refractivity (Wildman–Crippen MR) is 96.9 cm³/mol. The number of rotatable bonds is 3. The van der Waals surface area contributed by atoms with Crippen LogP contribution in [0.15, 0.2) is 54.6 Å². The van der Waals surface area contributed by atoms with Gasteiger partial charge < -0.3 is 15.0 Å². The minimum absolute atomic E-state index is 0.131. The molecule has 1 atom stereocenters. The van der Waals surface area contributed by atoms with E-state index in [1.54, 1.807) is 24.3 Å². The maximum Gasteiger partial charge on any atom is 0.411 e. The Morgan fingerprint density at radius 2 is 1.76 bits per heavy atom. The lowest BCUT2D eigenvalue weighted by molar-refractivity contribution is 0.187. The average molecular weight is 339 g/mol. The fourth-order valence-corrected chi connectivity index (χ4v) is 2.99. The normalized spacial score (nSPS) is 16.4. The molecular formula is C19H21N3O3. The first-order chi connectivity index (χ1) is 12.2. The number of urea groups is 1. The summed E-state index contributed by atoms with van der Waals surface area (Å²) in [5, 5.41) is 5.46. The number of hydrogen-bond donors (Lipinski definition) is 2. The molecule has 6 heteroatoms. The lowest BCUT2D eigenvalue weighted by Gasteiger charge is -2.18. The van der Waals surface area contributed by atoms with Gasteiger partial charge in [0.2, 0.25) is 0 Å². The molecule has 25 heavy (non-hydrogen) atoms. The third kappa shape index (κ3) is 4.29. The summed E-state index contributed by atoms with van der Waals surface area (Å²) >= 11 is 0. The number of methoxy groups -OCH3 is 1. The van der Waals surface area contributed by atoms with Crippen molar-refractivity contribution in [1.29, 1.82) is 0 Å². The summed E-state index contributed by atoms with van der Waals surface area (Å²) in [6.45, 7) is 1.43. The number of benzene rings is 2. The number of amides is 3. The van der Waals surface area contributed by atoms with Gasteiger partial charge in [-0.25, -0.2) is 9.59 Å². The van der Waals surface area contributed by atoms with Crippen LogP contribution in [-0.4, -0.2) is 37.2 Å². The molecular weight excluding hydrogens is 318 g/mol. The second kappa shape index (κ2) is 7.70. The van der Waals surface area contributed by atoms with Crippen molar-refractivity contribution < 1.29 is 14.3 Å². The van der Waals surface area contributed by atoms with Crippen molar-refractivity contribution in [2.45, 2.75) is 12.3 Å². The Balaban J connectivity index is 1.59. The van der Waals surface area contributed by atoms with Crippen LogP contribution < -0.4 is 10.6 Å². The first-order valence-electron chi connectivity index (χ1n) is 8.21. The molecule has 1 aliphatic rings. The van der Waals surface area contributed by atoms with Crippen LogP contribution in [0, 0.1) is 0 Å². The van der Waals surface area contributed by atoms with Crippen LogP contribution in [-0.2, 0) is 4.74 Å². The molecule has 2 aromatic rings. The minimum Gasteiger partial charge on any atom is -0.453 e. The van der Waals surface area contributed by atoms with Gasteiger partial charge in [-0.1, -0.05) is 36.4 Å². The molecule has 1 aliphatic heterocycles. The van der Waals surface area contributed by atoms with Crippen molar-refractivity contribution >= 4 is 23.5 Å². The Morgan fingerprint density at radius 3 is 2.48 bits per heavy atom. The molecule has 130 valence electrons. The zero-order valence-electron chi connectivity index (χ0n) is 14.1. The highest BCUT2D eigenvalue weighted by Gasteiger charge is 2.27. The molecule has 3 amide bonds. The fraction of sp³-hybridized carbons (Fsp3) is 0.263. The van der Waals surface area contributed by atoms with Crippen LogP contribution in [0.1, 0.15) is 17.9 Å². The number of nitrogens with one attached hydrogen (secondary N) is 2. The molecule has 2 aromatic carbocycles. The maximum absolute atomic E-state index is 12.5. The summed E-state index contributed by atoms with van der Waals surface area (Å²) < 4.78 is 4.56. The highest BCUT2D eigenvalue weighted by molar-refractivity contribution is 5.91. The van der Waals surface area contributed by atoms with Crippen LogP contribution in [0.25, 0.3) is 0 Å². The molecule has 1 fully saturated rings. The van der Waals surface area contributed by atoms with Crippen molar-refractivity contribution in [3.63, 3.8) is 0 Å². The number of carbonyl (C=O) groups excluding carboxylic acids is 2. The SMILES string of the molecule is COC(=O)Nc1cccc(NC(=O)N2CCC(c3ccccc3)C2)c1. The van der Waals surface area contributed by atoms with Crippen molar-refractivity contribution in [1.82, 2.24) is 4.90 Å². The highest BCUT2D eigenvalue weighted by Crippen LogP contribution is 2.27. The van der Waals surface area contributed by atoms with Crippen molar-refractivity contribution in [2.24, 2.45) is 0 Å². The fourth-order valence-electron chi connectivity index (χ4n) is 2.99. The Hall–Kier alpha value is -3.02. The summed E-state index contributed by atoms with van der Waals surface area (Å²) in [5.41, 5.74) is 2.46. The van der Waals surface area contributed by atoms with E-state index in [0.717, 1.165) is 13.0 Å². The summed E-state index contributed by atoms with van der Waals surface area (Å²) in [6, 6.07) is 17.1. The Bertz CT molecular complexity index is 749. The van der Waals surface area contributed by atoms with Crippen LogP contribution in [0.2, 0.25) is 0 Å². The van der Waals surface area contributed by atoms with Crippen LogP contribution >= 0.6 is 0 Å². The third-order valence-corrected chi connectivity index (χ3v) is 4.29. The van der Waals surface area contributed by atoms with Gasteiger partial charge in [-0.2, -0.15) is 0 Å². The largest absolute Gasteiger partial charge is 0.453 e. The zero-order valence-corrected chi connectivity index (χ0v) is 14.1. The number of ether oxygens (including phenoxy) is 1. The number of hydrogen-bond acceptors (Lipinski definition) is 3. The standard InChI is InChI=1S/C19H21N3O3/c1-25-19(24)21-17-9-5-8-16(12-17)20-18(23)22-11-10-15(13-22)14-6-3-2-4-7-14/h2-9,12,15H,10-11,13H2,1H3,(H,20,23)(H,21,24). The van der Waals surface area contributed by atoms with E-state index in [-0.39, 0.29) is 6.03 Å². The van der Waals surface area contributed by atoms with Crippen LogP contribution in [0.4, 0.5) is 21.0 Å². The first kappa shape index (κ1) is 16.8. The van der Waals surface area contributed by atoms with Gasteiger partial charge in [0.25, 0.3) is 0 Å². The van der Waals surface area contributed by atoms with Crippen LogP contribution in [0.5, 0.6) is 0 Å². The van der Waals surface area contributed by atoms with E-state index in [9.17, 15) is 9.59 Å². The Labute approximate surface area is 146 Å². The molecule has 0 spiro atoms. The van der Waals surface area contributed by atoms with E-state index >= 15 is 0 Å². The summed E-state index contributed by atoms with van der Waals surface area (Å²) in [5.74, 6) is 0.374. The lowest BCUT2D eigenvalue weighted by Crippen LogP contribution is -2.32. The summed E-state index contributed by atoms with van der Waals surface area (Å²) in [7, 11) is 1.30. The number of anilines is 2. The average Bonchev–Trinajstić information content (AvgIpc) is 3.13. The first-order valence-corrected chi connectivity index (χ1v) is 8.21. The van der Waals surface area contributed by atoms with Gasteiger partial charge in [0.05, 0.1) is 7.11 Å². The van der Waals surface area contributed by atoms with Gasteiger partial charge >= 0.3 is 12.1 Å². The molecule has 0 aromatic heterocycles. The summed E-state index contributed by atoms with van der Waals surface area (Å²) in [6.07, 6.45) is 0.412. The van der Waals surface area contributed by atoms with E-state index in [0.29, 0.717) is 23.8 Å². The molecule has 1 saturated heterocycles. The van der Waals surface area contributed by atoms with E-state index in [1.807, 2.05) is 23.1 Å². The topological polar surface area (TPSA) is 70.7 Å². The monoisotopic (exact) mass is 339 g/mol. The van der Waals surface area contributed by atoms with E-state index < -0.39 is 6.09 Å². The van der Waals surface area contributed by atoms with Crippen molar-refractivity contribution in [3.05, 3.63) is 60.2 Å². The molecule has 2 N–H and O–H groups in total. The van der Waals surface area contributed by atoms with Gasteiger partial charge in [-0.15, -0.1) is 0 Å². The van der Waals surface area contributed by atoms with Gasteiger partial charge in [-0.05, 0) is 30.2 Å². The lowest BCUT2D eigenvalue weighted by atomic mass is 9.99. The van der Waals surface area contributed by atoms with E-state index in [2.05, 4.69) is 27.5 Å². The molecule has 1 unspecified atom stereocenters.